The van der Waals surface area contributed by atoms with Gasteiger partial charge >= 0.3 is 0 Å². The standard InChI is InChI=1S/C15H14ClNO3S/c16-13-8-4-5-9-14(13)21(19,20)11-10-15(18)17-12-6-2-1-3-7-12/h1-9H,10-11H2,(H,17,18). The summed E-state index contributed by atoms with van der Waals surface area (Å²) in [7, 11) is -3.57. The van der Waals surface area contributed by atoms with Crippen LogP contribution in [0.5, 0.6) is 0 Å². The zero-order valence-electron chi connectivity index (χ0n) is 11.1. The number of carbonyl (C=O) groups is 1. The lowest BCUT2D eigenvalue weighted by Crippen LogP contribution is -2.17. The molecule has 0 aliphatic rings. The van der Waals surface area contributed by atoms with Crippen LogP contribution in [0.4, 0.5) is 5.69 Å². The van der Waals surface area contributed by atoms with Gasteiger partial charge in [0.1, 0.15) is 0 Å². The van der Waals surface area contributed by atoms with E-state index < -0.39 is 9.84 Å². The van der Waals surface area contributed by atoms with Crippen LogP contribution in [-0.4, -0.2) is 20.1 Å². The first-order chi connectivity index (χ1) is 9.99. The number of carbonyl (C=O) groups excluding carboxylic acids is 1. The molecular formula is C15H14ClNO3S. The first kappa shape index (κ1) is 15.5. The van der Waals surface area contributed by atoms with E-state index in [1.807, 2.05) is 6.07 Å². The molecule has 0 aromatic heterocycles. The van der Waals surface area contributed by atoms with Gasteiger partial charge in [0, 0.05) is 12.1 Å². The van der Waals surface area contributed by atoms with Gasteiger partial charge in [-0.05, 0) is 24.3 Å². The van der Waals surface area contributed by atoms with Crippen molar-refractivity contribution in [2.45, 2.75) is 11.3 Å². The molecule has 4 nitrogen and oxygen atoms in total. The first-order valence-corrected chi connectivity index (χ1v) is 8.34. The summed E-state index contributed by atoms with van der Waals surface area (Å²) in [6.45, 7) is 0. The summed E-state index contributed by atoms with van der Waals surface area (Å²) in [5.41, 5.74) is 0.637. The van der Waals surface area contributed by atoms with Gasteiger partial charge in [-0.2, -0.15) is 0 Å². The minimum atomic E-state index is -3.57. The lowest BCUT2D eigenvalue weighted by atomic mass is 10.3. The van der Waals surface area contributed by atoms with Crippen LogP contribution >= 0.6 is 11.6 Å². The maximum atomic E-state index is 12.1. The fourth-order valence-corrected chi connectivity index (χ4v) is 3.59. The zero-order chi connectivity index (χ0) is 15.3. The summed E-state index contributed by atoms with van der Waals surface area (Å²) in [4.78, 5) is 11.8. The fourth-order valence-electron chi connectivity index (χ4n) is 1.78. The van der Waals surface area contributed by atoms with Crippen LogP contribution in [0.2, 0.25) is 5.02 Å². The number of amides is 1. The third-order valence-corrected chi connectivity index (χ3v) is 5.04. The average molecular weight is 324 g/mol. The van der Waals surface area contributed by atoms with E-state index in [0.717, 1.165) is 0 Å². The number of halogens is 1. The number of nitrogens with one attached hydrogen (secondary N) is 1. The number of para-hydroxylation sites is 1. The summed E-state index contributed by atoms with van der Waals surface area (Å²) in [6.07, 6.45) is -0.123. The molecule has 0 atom stereocenters. The molecule has 2 rings (SSSR count). The molecule has 2 aromatic carbocycles. The Morgan fingerprint density at radius 2 is 1.62 bits per heavy atom. The van der Waals surface area contributed by atoms with E-state index in [4.69, 9.17) is 11.6 Å². The van der Waals surface area contributed by atoms with Gasteiger partial charge in [-0.25, -0.2) is 8.42 Å². The Morgan fingerprint density at radius 1 is 1.00 bits per heavy atom. The van der Waals surface area contributed by atoms with Crippen molar-refractivity contribution in [3.05, 3.63) is 59.6 Å². The van der Waals surface area contributed by atoms with Gasteiger partial charge in [0.2, 0.25) is 5.91 Å². The van der Waals surface area contributed by atoms with Gasteiger partial charge in [-0.3, -0.25) is 4.79 Å². The lowest BCUT2D eigenvalue weighted by Gasteiger charge is -2.07. The molecule has 21 heavy (non-hydrogen) atoms. The Balaban J connectivity index is 1.99. The number of hydrogen-bond donors (Lipinski definition) is 1. The van der Waals surface area contributed by atoms with Crippen molar-refractivity contribution in [1.29, 1.82) is 0 Å². The molecule has 0 saturated heterocycles. The van der Waals surface area contributed by atoms with Gasteiger partial charge in [0.15, 0.2) is 9.84 Å². The lowest BCUT2D eigenvalue weighted by molar-refractivity contribution is -0.115. The molecule has 0 unspecified atom stereocenters. The van der Waals surface area contributed by atoms with E-state index in [0.29, 0.717) is 5.69 Å². The minimum Gasteiger partial charge on any atom is -0.326 e. The first-order valence-electron chi connectivity index (χ1n) is 6.31. The maximum Gasteiger partial charge on any atom is 0.225 e. The predicted molar refractivity (Wildman–Crippen MR) is 83.2 cm³/mol. The molecule has 0 heterocycles. The van der Waals surface area contributed by atoms with Crippen LogP contribution < -0.4 is 5.32 Å². The summed E-state index contributed by atoms with van der Waals surface area (Å²) in [6, 6.07) is 15.1. The highest BCUT2D eigenvalue weighted by Gasteiger charge is 2.19. The highest BCUT2D eigenvalue weighted by Crippen LogP contribution is 2.22. The van der Waals surface area contributed by atoms with E-state index in [-0.39, 0.29) is 28.0 Å². The Morgan fingerprint density at radius 3 is 2.29 bits per heavy atom. The summed E-state index contributed by atoms with van der Waals surface area (Å²) in [5, 5.41) is 2.81. The van der Waals surface area contributed by atoms with Crippen molar-refractivity contribution in [3.63, 3.8) is 0 Å². The molecule has 0 bridgehead atoms. The van der Waals surface area contributed by atoms with E-state index >= 15 is 0 Å². The van der Waals surface area contributed by atoms with Gasteiger partial charge < -0.3 is 5.32 Å². The highest BCUT2D eigenvalue weighted by atomic mass is 35.5. The Hall–Kier alpha value is -1.85. The topological polar surface area (TPSA) is 63.2 Å². The Kier molecular flexibility index (Phi) is 4.98. The predicted octanol–water partition coefficient (Wildman–Crippen LogP) is 3.14. The number of benzene rings is 2. The molecule has 1 amide bonds. The van der Waals surface area contributed by atoms with Gasteiger partial charge in [-0.15, -0.1) is 0 Å². The van der Waals surface area contributed by atoms with Crippen LogP contribution in [0.15, 0.2) is 59.5 Å². The second-order valence-electron chi connectivity index (χ2n) is 4.41. The third kappa shape index (κ3) is 4.31. The normalized spacial score (nSPS) is 11.1. The zero-order valence-corrected chi connectivity index (χ0v) is 12.7. The molecule has 0 aliphatic carbocycles. The second kappa shape index (κ2) is 6.74. The minimum absolute atomic E-state index is 0.0548. The quantitative estimate of drug-likeness (QED) is 0.919. The molecular weight excluding hydrogens is 310 g/mol. The van der Waals surface area contributed by atoms with Gasteiger partial charge in [0.25, 0.3) is 0 Å². The molecule has 2 aromatic rings. The van der Waals surface area contributed by atoms with E-state index in [2.05, 4.69) is 5.32 Å². The fraction of sp³-hybridized carbons (Fsp3) is 0.133. The Labute approximate surface area is 128 Å². The smallest absolute Gasteiger partial charge is 0.225 e. The summed E-state index contributed by atoms with van der Waals surface area (Å²) in [5.74, 6) is -0.632. The van der Waals surface area contributed by atoms with E-state index in [9.17, 15) is 13.2 Å². The van der Waals surface area contributed by atoms with Gasteiger partial charge in [-0.1, -0.05) is 41.9 Å². The maximum absolute atomic E-state index is 12.1. The molecule has 0 aliphatic heterocycles. The van der Waals surface area contributed by atoms with Crippen LogP contribution in [0, 0.1) is 0 Å². The third-order valence-electron chi connectivity index (χ3n) is 2.83. The molecule has 0 fully saturated rings. The van der Waals surface area contributed by atoms with Crippen LogP contribution in [0.3, 0.4) is 0 Å². The molecule has 6 heteroatoms. The van der Waals surface area contributed by atoms with Crippen LogP contribution in [0.1, 0.15) is 6.42 Å². The number of anilines is 1. The largest absolute Gasteiger partial charge is 0.326 e. The van der Waals surface area contributed by atoms with Crippen molar-refractivity contribution in [2.24, 2.45) is 0 Å². The average Bonchev–Trinajstić information content (AvgIpc) is 2.47. The van der Waals surface area contributed by atoms with Crippen LogP contribution in [-0.2, 0) is 14.6 Å². The summed E-state index contributed by atoms with van der Waals surface area (Å²) >= 11 is 5.87. The SMILES string of the molecule is O=C(CCS(=O)(=O)c1ccccc1Cl)Nc1ccccc1. The van der Waals surface area contributed by atoms with Gasteiger partial charge in [0.05, 0.1) is 15.7 Å². The van der Waals surface area contributed by atoms with Crippen molar-refractivity contribution >= 4 is 33.0 Å². The molecule has 0 radical (unpaired) electrons. The van der Waals surface area contributed by atoms with Crippen molar-refractivity contribution in [3.8, 4) is 0 Å². The van der Waals surface area contributed by atoms with Crippen molar-refractivity contribution in [1.82, 2.24) is 0 Å². The monoisotopic (exact) mass is 323 g/mol. The van der Waals surface area contributed by atoms with E-state index in [1.165, 1.54) is 12.1 Å². The summed E-state index contributed by atoms with van der Waals surface area (Å²) < 4.78 is 24.3. The van der Waals surface area contributed by atoms with Crippen molar-refractivity contribution < 1.29 is 13.2 Å². The number of sulfone groups is 1. The molecule has 110 valence electrons. The van der Waals surface area contributed by atoms with E-state index in [1.54, 1.807) is 36.4 Å². The second-order valence-corrected chi connectivity index (χ2v) is 6.90. The van der Waals surface area contributed by atoms with Crippen molar-refractivity contribution in [2.75, 3.05) is 11.1 Å². The molecule has 0 saturated carbocycles. The highest BCUT2D eigenvalue weighted by molar-refractivity contribution is 7.91. The Bertz CT molecular complexity index is 730. The molecule has 0 spiro atoms. The number of hydrogen-bond acceptors (Lipinski definition) is 3. The molecule has 1 N–H and O–H groups in total. The van der Waals surface area contributed by atoms with Crippen LogP contribution in [0.25, 0.3) is 0 Å². The number of rotatable bonds is 5.